The van der Waals surface area contributed by atoms with Crippen molar-refractivity contribution in [2.24, 2.45) is 0 Å². The van der Waals surface area contributed by atoms with Crippen molar-refractivity contribution < 1.29 is 9.53 Å². The van der Waals surface area contributed by atoms with Crippen LogP contribution in [0.15, 0.2) is 36.7 Å². The summed E-state index contributed by atoms with van der Waals surface area (Å²) < 4.78 is 5.12. The van der Waals surface area contributed by atoms with Gasteiger partial charge >= 0.3 is 0 Å². The number of benzene rings is 1. The van der Waals surface area contributed by atoms with Gasteiger partial charge < -0.3 is 9.64 Å². The average Bonchev–Trinajstić information content (AvgIpc) is 3.19. The van der Waals surface area contributed by atoms with Gasteiger partial charge in [-0.05, 0) is 24.1 Å². The van der Waals surface area contributed by atoms with Gasteiger partial charge in [-0.1, -0.05) is 12.1 Å². The smallest absolute Gasteiger partial charge is 0.227 e. The predicted molar refractivity (Wildman–Crippen MR) is 77.0 cm³/mol. The average molecular weight is 286 g/mol. The largest absolute Gasteiger partial charge is 0.497 e. The second kappa shape index (κ2) is 5.95. The summed E-state index contributed by atoms with van der Waals surface area (Å²) in [7, 11) is 1.63. The molecular weight excluding hydrogens is 268 g/mol. The van der Waals surface area contributed by atoms with Gasteiger partial charge in [0, 0.05) is 13.1 Å². The molecule has 1 fully saturated rings. The van der Waals surface area contributed by atoms with E-state index in [0.717, 1.165) is 24.3 Å². The zero-order valence-electron chi connectivity index (χ0n) is 12.0. The van der Waals surface area contributed by atoms with Gasteiger partial charge in [0.15, 0.2) is 0 Å². The van der Waals surface area contributed by atoms with Crippen LogP contribution in [-0.4, -0.2) is 46.0 Å². The fraction of sp³-hybridized carbons (Fsp3) is 0.400. The molecule has 1 amide bonds. The molecule has 1 aliphatic rings. The Labute approximate surface area is 123 Å². The number of carbonyl (C=O) groups is 1. The molecule has 6 nitrogen and oxygen atoms in total. The number of hydrogen-bond donors (Lipinski definition) is 0. The highest BCUT2D eigenvalue weighted by Crippen LogP contribution is 2.21. The molecule has 21 heavy (non-hydrogen) atoms. The predicted octanol–water partition coefficient (Wildman–Crippen LogP) is 1.30. The van der Waals surface area contributed by atoms with Crippen LogP contribution >= 0.6 is 0 Å². The van der Waals surface area contributed by atoms with Crippen LogP contribution in [0.5, 0.6) is 5.75 Å². The zero-order chi connectivity index (χ0) is 14.7. The maximum Gasteiger partial charge on any atom is 0.227 e. The summed E-state index contributed by atoms with van der Waals surface area (Å²) >= 11 is 0. The molecule has 1 aromatic carbocycles. The van der Waals surface area contributed by atoms with Crippen molar-refractivity contribution >= 4 is 5.91 Å². The van der Waals surface area contributed by atoms with E-state index in [1.807, 2.05) is 29.2 Å². The standard InChI is InChI=1S/C15H18N4O2/c1-21-14-4-2-12(3-5-14)10-15(20)18-9-6-13(11-18)19-16-7-8-17-19/h2-5,7-8,13H,6,9-11H2,1H3. The van der Waals surface area contributed by atoms with Gasteiger partial charge in [-0.15, -0.1) is 0 Å². The number of aromatic nitrogens is 3. The van der Waals surface area contributed by atoms with Gasteiger partial charge in [0.25, 0.3) is 0 Å². The minimum atomic E-state index is 0.148. The summed E-state index contributed by atoms with van der Waals surface area (Å²) in [4.78, 5) is 15.9. The second-order valence-electron chi connectivity index (χ2n) is 5.16. The van der Waals surface area contributed by atoms with Crippen LogP contribution in [0, 0.1) is 0 Å². The van der Waals surface area contributed by atoms with Gasteiger partial charge in [0.2, 0.25) is 5.91 Å². The molecule has 3 rings (SSSR count). The van der Waals surface area contributed by atoms with E-state index in [-0.39, 0.29) is 11.9 Å². The molecule has 0 radical (unpaired) electrons. The van der Waals surface area contributed by atoms with Crippen molar-refractivity contribution in [3.63, 3.8) is 0 Å². The van der Waals surface area contributed by atoms with E-state index < -0.39 is 0 Å². The molecule has 0 saturated carbocycles. The first kappa shape index (κ1) is 13.6. The van der Waals surface area contributed by atoms with Crippen molar-refractivity contribution in [2.75, 3.05) is 20.2 Å². The van der Waals surface area contributed by atoms with Crippen LogP contribution in [0.2, 0.25) is 0 Å². The van der Waals surface area contributed by atoms with E-state index in [9.17, 15) is 4.79 Å². The lowest BCUT2D eigenvalue weighted by molar-refractivity contribution is -0.129. The molecular formula is C15H18N4O2. The van der Waals surface area contributed by atoms with E-state index in [4.69, 9.17) is 4.74 Å². The molecule has 0 spiro atoms. The highest BCUT2D eigenvalue weighted by Gasteiger charge is 2.28. The van der Waals surface area contributed by atoms with Crippen molar-refractivity contribution in [3.05, 3.63) is 42.2 Å². The van der Waals surface area contributed by atoms with E-state index >= 15 is 0 Å². The van der Waals surface area contributed by atoms with Crippen molar-refractivity contribution in [3.8, 4) is 5.75 Å². The Morgan fingerprint density at radius 3 is 2.67 bits per heavy atom. The monoisotopic (exact) mass is 286 g/mol. The minimum Gasteiger partial charge on any atom is -0.497 e. The Bertz CT molecular complexity index is 595. The summed E-state index contributed by atoms with van der Waals surface area (Å²) in [6.45, 7) is 1.45. The lowest BCUT2D eigenvalue weighted by atomic mass is 10.1. The number of rotatable bonds is 4. The summed E-state index contributed by atoms with van der Waals surface area (Å²) in [5, 5.41) is 8.30. The quantitative estimate of drug-likeness (QED) is 0.850. The Morgan fingerprint density at radius 1 is 1.29 bits per heavy atom. The third-order valence-electron chi connectivity index (χ3n) is 3.79. The van der Waals surface area contributed by atoms with Crippen LogP contribution in [0.3, 0.4) is 0 Å². The fourth-order valence-electron chi connectivity index (χ4n) is 2.60. The number of methoxy groups -OCH3 is 1. The topological polar surface area (TPSA) is 60.2 Å². The molecule has 2 heterocycles. The van der Waals surface area contributed by atoms with Crippen LogP contribution in [0.1, 0.15) is 18.0 Å². The normalized spacial score (nSPS) is 18.0. The Hall–Kier alpha value is -2.37. The van der Waals surface area contributed by atoms with E-state index in [1.54, 1.807) is 24.3 Å². The molecule has 1 aliphatic heterocycles. The Balaban J connectivity index is 1.58. The van der Waals surface area contributed by atoms with Gasteiger partial charge in [-0.3, -0.25) is 4.79 Å². The first-order chi connectivity index (χ1) is 10.3. The maximum absolute atomic E-state index is 12.3. The SMILES string of the molecule is COc1ccc(CC(=O)N2CCC(n3nccn3)C2)cc1. The first-order valence-corrected chi connectivity index (χ1v) is 7.03. The van der Waals surface area contributed by atoms with E-state index in [1.165, 1.54) is 0 Å². The molecule has 0 N–H and O–H groups in total. The number of amides is 1. The minimum absolute atomic E-state index is 0.148. The molecule has 1 unspecified atom stereocenters. The van der Waals surface area contributed by atoms with Gasteiger partial charge in [0.05, 0.1) is 32.0 Å². The molecule has 1 saturated heterocycles. The van der Waals surface area contributed by atoms with Crippen LogP contribution < -0.4 is 4.74 Å². The number of hydrogen-bond acceptors (Lipinski definition) is 4. The van der Waals surface area contributed by atoms with Gasteiger partial charge in [0.1, 0.15) is 5.75 Å². The fourth-order valence-corrected chi connectivity index (χ4v) is 2.60. The summed E-state index contributed by atoms with van der Waals surface area (Å²) in [5.74, 6) is 0.951. The molecule has 110 valence electrons. The van der Waals surface area contributed by atoms with Gasteiger partial charge in [-0.2, -0.15) is 15.0 Å². The van der Waals surface area contributed by atoms with Crippen molar-refractivity contribution in [1.82, 2.24) is 19.9 Å². The molecule has 1 aromatic heterocycles. The van der Waals surface area contributed by atoms with Crippen LogP contribution in [0.4, 0.5) is 0 Å². The maximum atomic E-state index is 12.3. The number of ether oxygens (including phenoxy) is 1. The third-order valence-corrected chi connectivity index (χ3v) is 3.79. The Kier molecular flexibility index (Phi) is 3.85. The molecule has 0 bridgehead atoms. The summed E-state index contributed by atoms with van der Waals surface area (Å²) in [6, 6.07) is 7.81. The van der Waals surface area contributed by atoms with Crippen molar-refractivity contribution in [2.45, 2.75) is 18.9 Å². The molecule has 0 aliphatic carbocycles. The molecule has 2 aromatic rings. The summed E-state index contributed by atoms with van der Waals surface area (Å²) in [6.07, 6.45) is 4.66. The molecule has 6 heteroatoms. The number of nitrogens with zero attached hydrogens (tertiary/aromatic N) is 4. The summed E-state index contributed by atoms with van der Waals surface area (Å²) in [5.41, 5.74) is 1.00. The lowest BCUT2D eigenvalue weighted by Gasteiger charge is -2.16. The number of likely N-dealkylation sites (tertiary alicyclic amines) is 1. The molecule has 1 atom stereocenters. The van der Waals surface area contributed by atoms with E-state index in [0.29, 0.717) is 13.0 Å². The van der Waals surface area contributed by atoms with E-state index in [2.05, 4.69) is 10.2 Å². The second-order valence-corrected chi connectivity index (χ2v) is 5.16. The first-order valence-electron chi connectivity index (χ1n) is 7.03. The van der Waals surface area contributed by atoms with Gasteiger partial charge in [-0.25, -0.2) is 0 Å². The Morgan fingerprint density at radius 2 is 2.00 bits per heavy atom. The number of carbonyl (C=O) groups excluding carboxylic acids is 1. The lowest BCUT2D eigenvalue weighted by Crippen LogP contribution is -2.30. The van der Waals surface area contributed by atoms with Crippen LogP contribution in [-0.2, 0) is 11.2 Å². The van der Waals surface area contributed by atoms with Crippen LogP contribution in [0.25, 0.3) is 0 Å². The highest BCUT2D eigenvalue weighted by atomic mass is 16.5. The van der Waals surface area contributed by atoms with Crippen molar-refractivity contribution in [1.29, 1.82) is 0 Å². The third kappa shape index (κ3) is 3.04. The zero-order valence-corrected chi connectivity index (χ0v) is 12.0. The highest BCUT2D eigenvalue weighted by molar-refractivity contribution is 5.79.